The van der Waals surface area contributed by atoms with E-state index < -0.39 is 0 Å². The van der Waals surface area contributed by atoms with Crippen molar-refractivity contribution in [2.45, 2.75) is 22.8 Å². The minimum atomic E-state index is -0.140. The lowest BCUT2D eigenvalue weighted by Crippen LogP contribution is -2.39. The number of hydrogen-bond acceptors (Lipinski definition) is 3. The fourth-order valence-electron chi connectivity index (χ4n) is 3.15. The molecule has 1 aliphatic rings. The highest BCUT2D eigenvalue weighted by Gasteiger charge is 2.28. The molecule has 1 unspecified atom stereocenters. The lowest BCUT2D eigenvalue weighted by atomic mass is 10.1. The third-order valence-corrected chi connectivity index (χ3v) is 5.72. The largest absolute Gasteiger partial charge is 0.497 e. The molecule has 1 heterocycles. The van der Waals surface area contributed by atoms with Gasteiger partial charge in [-0.3, -0.25) is 4.90 Å². The smallest absolute Gasteiger partial charge is 0.327 e. The number of nitrogens with zero attached hydrogens (tertiary/aromatic N) is 1. The van der Waals surface area contributed by atoms with Crippen LogP contribution in [0.1, 0.15) is 18.5 Å². The van der Waals surface area contributed by atoms with Gasteiger partial charge in [0.05, 0.1) is 24.5 Å². The Morgan fingerprint density at radius 1 is 0.926 bits per heavy atom. The summed E-state index contributed by atoms with van der Waals surface area (Å²) in [7, 11) is 1.64. The minimum absolute atomic E-state index is 0.127. The number of rotatable bonds is 3. The van der Waals surface area contributed by atoms with Gasteiger partial charge in [0.1, 0.15) is 5.75 Å². The molecular formula is C22H20N2O2S. The molecule has 3 aromatic rings. The van der Waals surface area contributed by atoms with E-state index in [9.17, 15) is 4.79 Å². The summed E-state index contributed by atoms with van der Waals surface area (Å²) in [5.74, 6) is 0.799. The Hall–Kier alpha value is -2.92. The molecule has 2 amide bonds. The van der Waals surface area contributed by atoms with Crippen LogP contribution < -0.4 is 15.0 Å². The molecule has 1 atom stereocenters. The number of amides is 2. The molecule has 1 N–H and O–H groups in total. The number of benzene rings is 3. The zero-order valence-corrected chi connectivity index (χ0v) is 16.0. The van der Waals surface area contributed by atoms with Gasteiger partial charge in [0.2, 0.25) is 0 Å². The first-order chi connectivity index (χ1) is 13.2. The fourth-order valence-corrected chi connectivity index (χ4v) is 4.21. The van der Waals surface area contributed by atoms with Gasteiger partial charge in [0.15, 0.2) is 0 Å². The van der Waals surface area contributed by atoms with Gasteiger partial charge in [0.25, 0.3) is 0 Å². The number of fused-ring (bicyclic) bond motifs is 2. The molecule has 4 rings (SSSR count). The van der Waals surface area contributed by atoms with Crippen LogP contribution in [0.5, 0.6) is 5.75 Å². The SMILES string of the molecule is COc1ccc(C(C)NC(=O)N2c3ccccc3Sc3ccccc32)cc1. The molecule has 136 valence electrons. The Labute approximate surface area is 163 Å². The van der Waals surface area contributed by atoms with E-state index in [1.165, 1.54) is 0 Å². The molecule has 5 heteroatoms. The average Bonchev–Trinajstić information content (AvgIpc) is 2.71. The van der Waals surface area contributed by atoms with Crippen LogP contribution in [0.3, 0.4) is 0 Å². The van der Waals surface area contributed by atoms with Gasteiger partial charge in [-0.1, -0.05) is 48.2 Å². The van der Waals surface area contributed by atoms with E-state index in [1.807, 2.05) is 79.7 Å². The van der Waals surface area contributed by atoms with Crippen molar-refractivity contribution in [2.75, 3.05) is 12.0 Å². The van der Waals surface area contributed by atoms with Gasteiger partial charge >= 0.3 is 6.03 Å². The normalized spacial score (nSPS) is 13.3. The van der Waals surface area contributed by atoms with Crippen molar-refractivity contribution in [3.8, 4) is 5.75 Å². The molecule has 0 aromatic heterocycles. The molecule has 1 aliphatic heterocycles. The van der Waals surface area contributed by atoms with Crippen molar-refractivity contribution in [2.24, 2.45) is 0 Å². The maximum absolute atomic E-state index is 13.2. The number of carbonyl (C=O) groups excluding carboxylic acids is 1. The molecule has 3 aromatic carbocycles. The third kappa shape index (κ3) is 3.38. The van der Waals surface area contributed by atoms with Crippen LogP contribution in [0.15, 0.2) is 82.6 Å². The quantitative estimate of drug-likeness (QED) is 0.631. The number of carbonyl (C=O) groups is 1. The van der Waals surface area contributed by atoms with Crippen molar-refractivity contribution in [3.63, 3.8) is 0 Å². The van der Waals surface area contributed by atoms with Crippen LogP contribution in [0.2, 0.25) is 0 Å². The molecule has 0 saturated heterocycles. The maximum atomic E-state index is 13.2. The van der Waals surface area contributed by atoms with E-state index in [0.717, 1.165) is 32.5 Å². The van der Waals surface area contributed by atoms with E-state index in [2.05, 4.69) is 5.32 Å². The highest BCUT2D eigenvalue weighted by atomic mass is 32.2. The number of anilines is 2. The van der Waals surface area contributed by atoms with Gasteiger partial charge in [-0.05, 0) is 48.9 Å². The van der Waals surface area contributed by atoms with Gasteiger partial charge in [-0.2, -0.15) is 0 Å². The summed E-state index contributed by atoms with van der Waals surface area (Å²) < 4.78 is 5.21. The molecular weight excluding hydrogens is 356 g/mol. The predicted octanol–water partition coefficient (Wildman–Crippen LogP) is 5.77. The number of ether oxygens (including phenoxy) is 1. The van der Waals surface area contributed by atoms with Crippen LogP contribution in [0.25, 0.3) is 0 Å². The fraction of sp³-hybridized carbons (Fsp3) is 0.136. The van der Waals surface area contributed by atoms with E-state index >= 15 is 0 Å². The number of nitrogens with one attached hydrogen (secondary N) is 1. The molecule has 27 heavy (non-hydrogen) atoms. The van der Waals surface area contributed by atoms with Gasteiger partial charge in [0, 0.05) is 9.79 Å². The summed E-state index contributed by atoms with van der Waals surface area (Å²) in [6.07, 6.45) is 0. The second kappa shape index (κ2) is 7.37. The lowest BCUT2D eigenvalue weighted by Gasteiger charge is -2.32. The first kappa shape index (κ1) is 17.5. The summed E-state index contributed by atoms with van der Waals surface area (Å²) >= 11 is 1.69. The monoisotopic (exact) mass is 376 g/mol. The third-order valence-electron chi connectivity index (χ3n) is 4.59. The van der Waals surface area contributed by atoms with Crippen LogP contribution >= 0.6 is 11.8 Å². The Bertz CT molecular complexity index is 927. The number of urea groups is 1. The molecule has 0 fully saturated rings. The van der Waals surface area contributed by atoms with Crippen LogP contribution in [0, 0.1) is 0 Å². The molecule has 0 spiro atoms. The average molecular weight is 376 g/mol. The Morgan fingerprint density at radius 2 is 1.48 bits per heavy atom. The summed E-state index contributed by atoms with van der Waals surface area (Å²) in [5, 5.41) is 3.12. The second-order valence-electron chi connectivity index (χ2n) is 6.32. The summed E-state index contributed by atoms with van der Waals surface area (Å²) in [4.78, 5) is 17.1. The zero-order chi connectivity index (χ0) is 18.8. The number of para-hydroxylation sites is 2. The van der Waals surface area contributed by atoms with E-state index in [4.69, 9.17) is 4.74 Å². The van der Waals surface area contributed by atoms with Crippen molar-refractivity contribution >= 4 is 29.2 Å². The number of hydrogen-bond donors (Lipinski definition) is 1. The van der Waals surface area contributed by atoms with E-state index in [-0.39, 0.29) is 12.1 Å². The summed E-state index contributed by atoms with van der Waals surface area (Å²) in [6, 6.07) is 23.4. The topological polar surface area (TPSA) is 41.6 Å². The van der Waals surface area contributed by atoms with E-state index in [0.29, 0.717) is 0 Å². The predicted molar refractivity (Wildman–Crippen MR) is 109 cm³/mol. The Morgan fingerprint density at radius 3 is 2.04 bits per heavy atom. The standard InChI is InChI=1S/C22H20N2O2S/c1-15(16-11-13-17(26-2)14-12-16)23-22(25)24-18-7-3-5-9-20(18)27-21-10-6-4-8-19(21)24/h3-15H,1-2H3,(H,23,25). The van der Waals surface area contributed by atoms with Crippen LogP contribution in [-0.2, 0) is 0 Å². The van der Waals surface area contributed by atoms with Gasteiger partial charge in [-0.15, -0.1) is 0 Å². The maximum Gasteiger partial charge on any atom is 0.327 e. The van der Waals surface area contributed by atoms with Crippen molar-refractivity contribution in [3.05, 3.63) is 78.4 Å². The van der Waals surface area contributed by atoms with Crippen LogP contribution in [-0.4, -0.2) is 13.1 Å². The Kier molecular flexibility index (Phi) is 4.77. The minimum Gasteiger partial charge on any atom is -0.497 e. The Balaban J connectivity index is 1.63. The highest BCUT2D eigenvalue weighted by molar-refractivity contribution is 7.99. The highest BCUT2D eigenvalue weighted by Crippen LogP contribution is 2.47. The van der Waals surface area contributed by atoms with Gasteiger partial charge in [-0.25, -0.2) is 4.79 Å². The summed E-state index contributed by atoms with van der Waals surface area (Å²) in [5.41, 5.74) is 2.83. The molecule has 0 aliphatic carbocycles. The van der Waals surface area contributed by atoms with Crippen molar-refractivity contribution in [1.82, 2.24) is 5.32 Å². The molecule has 0 bridgehead atoms. The molecule has 0 saturated carbocycles. The molecule has 4 nitrogen and oxygen atoms in total. The number of methoxy groups -OCH3 is 1. The first-order valence-electron chi connectivity index (χ1n) is 8.78. The van der Waals surface area contributed by atoms with Crippen molar-refractivity contribution < 1.29 is 9.53 Å². The lowest BCUT2D eigenvalue weighted by molar-refractivity contribution is 0.245. The second-order valence-corrected chi connectivity index (χ2v) is 7.40. The van der Waals surface area contributed by atoms with Crippen LogP contribution in [0.4, 0.5) is 16.2 Å². The first-order valence-corrected chi connectivity index (χ1v) is 9.59. The van der Waals surface area contributed by atoms with Crippen molar-refractivity contribution in [1.29, 1.82) is 0 Å². The zero-order valence-electron chi connectivity index (χ0n) is 15.2. The summed E-state index contributed by atoms with van der Waals surface area (Å²) in [6.45, 7) is 1.98. The van der Waals surface area contributed by atoms with Gasteiger partial charge < -0.3 is 10.1 Å². The molecule has 0 radical (unpaired) electrons. The van der Waals surface area contributed by atoms with E-state index in [1.54, 1.807) is 23.8 Å².